The Morgan fingerprint density at radius 2 is 1.58 bits per heavy atom. The normalized spacial score (nSPS) is 9.89. The third kappa shape index (κ3) is 4.07. The first kappa shape index (κ1) is 13.0. The van der Waals surface area contributed by atoms with Gasteiger partial charge in [0.2, 0.25) is 0 Å². The number of carbonyl (C=O) groups is 2. The van der Waals surface area contributed by atoms with Crippen LogP contribution in [0.25, 0.3) is 0 Å². The minimum Gasteiger partial charge on any atom is -0.356 e. The highest BCUT2D eigenvalue weighted by Gasteiger charge is 2.01. The molecule has 0 fully saturated rings. The second-order valence-corrected chi connectivity index (χ2v) is 4.27. The van der Waals surface area contributed by atoms with Crippen LogP contribution in [0.5, 0.6) is 0 Å². The number of carbonyl (C=O) groups excluding carboxylic acids is 2. The van der Waals surface area contributed by atoms with Gasteiger partial charge in [0.15, 0.2) is 12.1 Å². The van der Waals surface area contributed by atoms with E-state index in [1.54, 1.807) is 0 Å². The third-order valence-corrected chi connectivity index (χ3v) is 2.81. The first-order chi connectivity index (χ1) is 9.28. The molecule has 0 aliphatic heterocycles. The van der Waals surface area contributed by atoms with Crippen molar-refractivity contribution in [3.63, 3.8) is 0 Å². The predicted octanol–water partition coefficient (Wildman–Crippen LogP) is 3.13. The molecule has 2 aromatic carbocycles. The van der Waals surface area contributed by atoms with Crippen LogP contribution < -0.4 is 5.32 Å². The van der Waals surface area contributed by atoms with Gasteiger partial charge in [0.1, 0.15) is 0 Å². The van der Waals surface area contributed by atoms with E-state index in [-0.39, 0.29) is 12.2 Å². The Bertz CT molecular complexity index is 547. The molecule has 0 amide bonds. The van der Waals surface area contributed by atoms with Gasteiger partial charge in [0.25, 0.3) is 0 Å². The summed E-state index contributed by atoms with van der Waals surface area (Å²) in [6.45, 7) is 0. The van der Waals surface area contributed by atoms with Gasteiger partial charge in [-0.2, -0.15) is 0 Å². The van der Waals surface area contributed by atoms with Gasteiger partial charge >= 0.3 is 0 Å². The Kier molecular flexibility index (Phi) is 4.45. The first-order valence-corrected chi connectivity index (χ1v) is 6.17. The SMILES string of the molecule is O=CC(=O)CCc1ccc(Nc2ccccc2)cc1. The Labute approximate surface area is 112 Å². The van der Waals surface area contributed by atoms with E-state index in [1.165, 1.54) is 0 Å². The van der Waals surface area contributed by atoms with E-state index in [2.05, 4.69) is 5.32 Å². The molecule has 96 valence electrons. The summed E-state index contributed by atoms with van der Waals surface area (Å²) < 4.78 is 0. The van der Waals surface area contributed by atoms with E-state index in [0.717, 1.165) is 16.9 Å². The molecule has 0 unspecified atom stereocenters. The molecule has 0 heterocycles. The molecular formula is C16H15NO2. The summed E-state index contributed by atoms with van der Waals surface area (Å²) in [5.74, 6) is -0.355. The fourth-order valence-electron chi connectivity index (χ4n) is 1.77. The van der Waals surface area contributed by atoms with Crippen LogP contribution in [-0.2, 0) is 16.0 Å². The van der Waals surface area contributed by atoms with Crippen LogP contribution in [0.3, 0.4) is 0 Å². The van der Waals surface area contributed by atoms with Crippen molar-refractivity contribution in [1.82, 2.24) is 0 Å². The molecule has 0 spiro atoms. The number of nitrogens with one attached hydrogen (secondary N) is 1. The first-order valence-electron chi connectivity index (χ1n) is 6.17. The molecule has 1 N–H and O–H groups in total. The Morgan fingerprint density at radius 1 is 0.947 bits per heavy atom. The van der Waals surface area contributed by atoms with E-state index in [4.69, 9.17) is 0 Å². The summed E-state index contributed by atoms with van der Waals surface area (Å²) >= 11 is 0. The van der Waals surface area contributed by atoms with E-state index >= 15 is 0 Å². The zero-order valence-electron chi connectivity index (χ0n) is 10.5. The number of rotatable bonds is 6. The lowest BCUT2D eigenvalue weighted by molar-refractivity contribution is -0.129. The standard InChI is InChI=1S/C16H15NO2/c18-12-16(19)11-8-13-6-9-15(10-7-13)17-14-4-2-1-3-5-14/h1-7,9-10,12,17H,8,11H2. The molecule has 0 saturated heterocycles. The number of Topliss-reactive ketones (excluding diaryl/α,β-unsaturated/α-hetero) is 1. The minimum atomic E-state index is -0.355. The number of hydrogen-bond acceptors (Lipinski definition) is 3. The number of benzene rings is 2. The van der Waals surface area contributed by atoms with E-state index < -0.39 is 0 Å². The van der Waals surface area contributed by atoms with Gasteiger partial charge in [-0.25, -0.2) is 0 Å². The van der Waals surface area contributed by atoms with E-state index in [0.29, 0.717) is 12.7 Å². The van der Waals surface area contributed by atoms with Crippen molar-refractivity contribution in [2.75, 3.05) is 5.32 Å². The molecule has 0 saturated carbocycles. The van der Waals surface area contributed by atoms with Crippen molar-refractivity contribution in [3.8, 4) is 0 Å². The third-order valence-electron chi connectivity index (χ3n) is 2.81. The summed E-state index contributed by atoms with van der Waals surface area (Å²) in [6, 6.07) is 17.8. The molecule has 0 aromatic heterocycles. The fraction of sp³-hybridized carbons (Fsp3) is 0.125. The van der Waals surface area contributed by atoms with Crippen LogP contribution >= 0.6 is 0 Å². The molecule has 0 bridgehead atoms. The number of anilines is 2. The highest BCUT2D eigenvalue weighted by Crippen LogP contribution is 2.17. The molecule has 0 aliphatic carbocycles. The zero-order chi connectivity index (χ0) is 13.5. The molecule has 3 heteroatoms. The van der Waals surface area contributed by atoms with Crippen molar-refractivity contribution in [1.29, 1.82) is 0 Å². The summed E-state index contributed by atoms with van der Waals surface area (Å²) in [6.07, 6.45) is 1.25. The van der Waals surface area contributed by atoms with Crippen LogP contribution in [0.2, 0.25) is 0 Å². The summed E-state index contributed by atoms with van der Waals surface area (Å²) in [4.78, 5) is 21.1. The largest absolute Gasteiger partial charge is 0.356 e. The van der Waals surface area contributed by atoms with Gasteiger partial charge in [-0.1, -0.05) is 30.3 Å². The monoisotopic (exact) mass is 253 g/mol. The Hall–Kier alpha value is -2.42. The summed E-state index contributed by atoms with van der Waals surface area (Å²) in [5.41, 5.74) is 3.08. The highest BCUT2D eigenvalue weighted by atomic mass is 16.2. The van der Waals surface area contributed by atoms with Crippen molar-refractivity contribution >= 4 is 23.4 Å². The van der Waals surface area contributed by atoms with Gasteiger partial charge in [-0.15, -0.1) is 0 Å². The number of aldehydes is 1. The average Bonchev–Trinajstić information content (AvgIpc) is 2.47. The topological polar surface area (TPSA) is 46.2 Å². The number of ketones is 1. The predicted molar refractivity (Wildman–Crippen MR) is 75.6 cm³/mol. The lowest BCUT2D eigenvalue weighted by Crippen LogP contribution is -2.00. The molecule has 0 atom stereocenters. The summed E-state index contributed by atoms with van der Waals surface area (Å²) in [5, 5.41) is 3.28. The van der Waals surface area contributed by atoms with Gasteiger partial charge in [0.05, 0.1) is 0 Å². The van der Waals surface area contributed by atoms with Crippen molar-refractivity contribution in [2.45, 2.75) is 12.8 Å². The minimum absolute atomic E-state index is 0.273. The smallest absolute Gasteiger partial charge is 0.195 e. The van der Waals surface area contributed by atoms with Crippen LogP contribution in [0.1, 0.15) is 12.0 Å². The zero-order valence-corrected chi connectivity index (χ0v) is 10.5. The van der Waals surface area contributed by atoms with Crippen LogP contribution in [0.4, 0.5) is 11.4 Å². The van der Waals surface area contributed by atoms with E-state index in [1.807, 2.05) is 54.6 Å². The van der Waals surface area contributed by atoms with E-state index in [9.17, 15) is 9.59 Å². The maximum Gasteiger partial charge on any atom is 0.195 e. The summed E-state index contributed by atoms with van der Waals surface area (Å²) in [7, 11) is 0. The lowest BCUT2D eigenvalue weighted by Gasteiger charge is -2.07. The highest BCUT2D eigenvalue weighted by molar-refractivity contribution is 6.24. The van der Waals surface area contributed by atoms with Crippen LogP contribution in [0.15, 0.2) is 54.6 Å². The lowest BCUT2D eigenvalue weighted by atomic mass is 10.1. The molecule has 2 aromatic rings. The van der Waals surface area contributed by atoms with Crippen LogP contribution in [0, 0.1) is 0 Å². The molecule has 0 radical (unpaired) electrons. The van der Waals surface area contributed by atoms with Gasteiger partial charge in [-0.05, 0) is 36.2 Å². The number of hydrogen-bond donors (Lipinski definition) is 1. The molecule has 19 heavy (non-hydrogen) atoms. The average molecular weight is 253 g/mol. The van der Waals surface area contributed by atoms with Gasteiger partial charge in [0, 0.05) is 17.8 Å². The molecule has 0 aliphatic rings. The Morgan fingerprint density at radius 3 is 2.21 bits per heavy atom. The van der Waals surface area contributed by atoms with Crippen molar-refractivity contribution < 1.29 is 9.59 Å². The second-order valence-electron chi connectivity index (χ2n) is 4.27. The van der Waals surface area contributed by atoms with Gasteiger partial charge in [-0.3, -0.25) is 9.59 Å². The maximum absolute atomic E-state index is 10.9. The molecular weight excluding hydrogens is 238 g/mol. The van der Waals surface area contributed by atoms with Crippen molar-refractivity contribution in [2.24, 2.45) is 0 Å². The quantitative estimate of drug-likeness (QED) is 0.635. The molecule has 2 rings (SSSR count). The second kappa shape index (κ2) is 6.50. The van der Waals surface area contributed by atoms with Crippen molar-refractivity contribution in [3.05, 3.63) is 60.2 Å². The number of aryl methyl sites for hydroxylation is 1. The number of para-hydroxylation sites is 1. The van der Waals surface area contributed by atoms with Gasteiger partial charge < -0.3 is 5.32 Å². The molecule has 3 nitrogen and oxygen atoms in total. The Balaban J connectivity index is 1.95. The van der Waals surface area contributed by atoms with Crippen LogP contribution in [-0.4, -0.2) is 12.1 Å². The fourth-order valence-corrected chi connectivity index (χ4v) is 1.77. The maximum atomic E-state index is 10.9.